The van der Waals surface area contributed by atoms with Crippen LogP contribution in [0.15, 0.2) is 42.5 Å². The van der Waals surface area contributed by atoms with Crippen molar-refractivity contribution >= 4 is 47.6 Å². The molecule has 2 aromatic rings. The van der Waals surface area contributed by atoms with Crippen LogP contribution < -0.4 is 0 Å². The predicted octanol–water partition coefficient (Wildman–Crippen LogP) is 12.7. The van der Waals surface area contributed by atoms with Crippen molar-refractivity contribution < 1.29 is 20.8 Å². The van der Waals surface area contributed by atoms with Gasteiger partial charge in [-0.2, -0.15) is 11.8 Å². The zero-order chi connectivity index (χ0) is 28.2. The summed E-state index contributed by atoms with van der Waals surface area (Å²) in [5.41, 5.74) is 3.74. The molecular formula is C37H56Cl2SSiZr. The third kappa shape index (κ3) is 6.09. The molecule has 0 amide bonds. The van der Waals surface area contributed by atoms with Gasteiger partial charge >= 0.3 is 37.9 Å². The van der Waals surface area contributed by atoms with Crippen molar-refractivity contribution in [1.29, 1.82) is 0 Å². The summed E-state index contributed by atoms with van der Waals surface area (Å²) < 4.78 is 0. The first-order valence-electron chi connectivity index (χ1n) is 16.4. The van der Waals surface area contributed by atoms with Gasteiger partial charge in [0.25, 0.3) is 0 Å². The van der Waals surface area contributed by atoms with Gasteiger partial charge in [-0.15, -0.1) is 0 Å². The minimum absolute atomic E-state index is 0. The van der Waals surface area contributed by atoms with Gasteiger partial charge in [-0.1, -0.05) is 102 Å². The van der Waals surface area contributed by atoms with Crippen LogP contribution in [0.2, 0.25) is 24.2 Å². The van der Waals surface area contributed by atoms with Gasteiger partial charge in [-0.05, 0) is 100 Å². The zero-order valence-corrected chi connectivity index (χ0v) is 33.1. The fraction of sp³-hybridized carbons (Fsp3) is 0.676. The van der Waals surface area contributed by atoms with Crippen molar-refractivity contribution in [3.63, 3.8) is 0 Å². The molecule has 0 radical (unpaired) electrons. The van der Waals surface area contributed by atoms with Gasteiger partial charge in [0, 0.05) is 10.5 Å². The molecule has 232 valence electrons. The van der Waals surface area contributed by atoms with E-state index < -0.39 is 28.9 Å². The molecule has 1 aliphatic heterocycles. The minimum atomic E-state index is -1.47. The second-order valence-corrected chi connectivity index (χ2v) is 25.1. The Morgan fingerprint density at radius 1 is 0.762 bits per heavy atom. The molecule has 4 aliphatic carbocycles. The molecule has 0 bridgehead atoms. The number of halogens is 2. The first-order valence-corrected chi connectivity index (χ1v) is 26.8. The summed E-state index contributed by atoms with van der Waals surface area (Å²) in [6.45, 7) is 13.9. The van der Waals surface area contributed by atoms with E-state index in [9.17, 15) is 0 Å². The van der Waals surface area contributed by atoms with Crippen LogP contribution in [-0.2, 0) is 20.8 Å². The molecule has 5 aliphatic rings. The third-order valence-corrected chi connectivity index (χ3v) is 20.5. The van der Waals surface area contributed by atoms with E-state index in [0.29, 0.717) is 0 Å². The van der Waals surface area contributed by atoms with Crippen molar-refractivity contribution in [3.05, 3.63) is 62.9 Å². The van der Waals surface area contributed by atoms with Crippen molar-refractivity contribution in [2.45, 2.75) is 113 Å². The number of benzene rings is 2. The Labute approximate surface area is 283 Å². The SMILES string of the molecule is CC1CC2C(c3cccc4ccccc34)CCCC2C1[Si](C)(C)C1C(C)C(C)C2C3CCCCC3SC21.[CH3-].[CH3-].[Cl][Zr+2][Cl]. The molecule has 2 aromatic carbocycles. The number of fused-ring (bicyclic) bond motifs is 5. The molecule has 42 heavy (non-hydrogen) atoms. The molecular weight excluding hydrogens is 667 g/mol. The molecule has 12 atom stereocenters. The van der Waals surface area contributed by atoms with E-state index in [1.54, 1.807) is 12.0 Å². The molecule has 0 aromatic heterocycles. The second kappa shape index (κ2) is 14.7. The zero-order valence-electron chi connectivity index (χ0n) is 27.3. The molecule has 0 nitrogen and oxygen atoms in total. The fourth-order valence-electron chi connectivity index (χ4n) is 11.9. The van der Waals surface area contributed by atoms with Gasteiger partial charge in [-0.25, -0.2) is 0 Å². The summed E-state index contributed by atoms with van der Waals surface area (Å²) in [5.74, 6) is 7.56. The Balaban J connectivity index is 0.000000779. The fourth-order valence-corrected chi connectivity index (χ4v) is 21.8. The third-order valence-electron chi connectivity index (χ3n) is 13.1. The Kier molecular flexibility index (Phi) is 12.4. The average Bonchev–Trinajstić information content (AvgIpc) is 3.57. The van der Waals surface area contributed by atoms with Crippen LogP contribution >= 0.6 is 28.8 Å². The van der Waals surface area contributed by atoms with Crippen molar-refractivity contribution in [3.8, 4) is 0 Å². The molecule has 5 fully saturated rings. The molecule has 1 heterocycles. The standard InChI is InChI=1S/C35H50SSi.2CH3.2ClH.Zr/c1-21-20-30-27(26-16-10-13-24-12-6-7-14-25(24)26)17-11-18-28(30)34(21)37(4,5)35-23(3)22(2)32-29-15-8-9-19-31(29)36-33(32)35;;;;;/h6-7,10,12-14,16,21-23,27-35H,8-9,11,15,17-20H2,1-5H3;2*1H3;2*1H;/q;2*-1;;;+4/p-2. The second-order valence-electron chi connectivity index (χ2n) is 15.0. The van der Waals surface area contributed by atoms with E-state index in [1.165, 1.54) is 55.7 Å². The van der Waals surface area contributed by atoms with E-state index in [1.807, 2.05) is 0 Å². The topological polar surface area (TPSA) is 0 Å². The van der Waals surface area contributed by atoms with Crippen molar-refractivity contribution in [1.82, 2.24) is 0 Å². The molecule has 0 spiro atoms. The number of rotatable bonds is 3. The maximum atomic E-state index is 4.93. The summed E-state index contributed by atoms with van der Waals surface area (Å²) in [5, 5.41) is 4.97. The summed E-state index contributed by atoms with van der Waals surface area (Å²) in [6.07, 6.45) is 11.9. The summed E-state index contributed by atoms with van der Waals surface area (Å²) in [7, 11) is 8.40. The Hall–Kier alpha value is 0.730. The Morgan fingerprint density at radius 2 is 1.43 bits per heavy atom. The van der Waals surface area contributed by atoms with Gasteiger partial charge in [0.15, 0.2) is 0 Å². The van der Waals surface area contributed by atoms with Gasteiger partial charge < -0.3 is 14.9 Å². The van der Waals surface area contributed by atoms with Crippen molar-refractivity contribution in [2.24, 2.45) is 41.4 Å². The molecule has 0 N–H and O–H groups in total. The molecule has 7 rings (SSSR count). The molecule has 5 heteroatoms. The van der Waals surface area contributed by atoms with Gasteiger partial charge in [0.1, 0.15) is 0 Å². The Morgan fingerprint density at radius 3 is 2.19 bits per heavy atom. The van der Waals surface area contributed by atoms with Crippen LogP contribution in [-0.4, -0.2) is 18.6 Å². The van der Waals surface area contributed by atoms with Gasteiger partial charge in [0.05, 0.1) is 8.07 Å². The van der Waals surface area contributed by atoms with Gasteiger partial charge in [0.2, 0.25) is 0 Å². The van der Waals surface area contributed by atoms with E-state index in [-0.39, 0.29) is 14.9 Å². The normalized spacial score (nSPS) is 40.4. The van der Waals surface area contributed by atoms with E-state index in [0.717, 1.165) is 68.9 Å². The van der Waals surface area contributed by atoms with Gasteiger partial charge in [-0.3, -0.25) is 0 Å². The van der Waals surface area contributed by atoms with Crippen LogP contribution in [0.1, 0.15) is 83.6 Å². The average molecular weight is 723 g/mol. The summed E-state index contributed by atoms with van der Waals surface area (Å²) in [4.78, 5) is 0. The number of hydrogen-bond donors (Lipinski definition) is 0. The van der Waals surface area contributed by atoms with Crippen LogP contribution in [0.3, 0.4) is 0 Å². The molecule has 1 saturated heterocycles. The maximum absolute atomic E-state index is 4.93. The van der Waals surface area contributed by atoms with E-state index >= 15 is 0 Å². The van der Waals surface area contributed by atoms with Crippen LogP contribution in [0.5, 0.6) is 0 Å². The van der Waals surface area contributed by atoms with Crippen molar-refractivity contribution in [2.75, 3.05) is 0 Å². The first kappa shape index (κ1) is 35.6. The molecule has 4 saturated carbocycles. The first-order chi connectivity index (χ1) is 19.3. The summed E-state index contributed by atoms with van der Waals surface area (Å²) >= 11 is 1.71. The number of hydrogen-bond acceptors (Lipinski definition) is 1. The summed E-state index contributed by atoms with van der Waals surface area (Å²) in [6, 6.07) is 16.4. The Bertz CT molecular complexity index is 1170. The van der Waals surface area contributed by atoms with E-state index in [2.05, 4.69) is 88.1 Å². The molecule has 12 unspecified atom stereocenters. The number of thioether (sulfide) groups is 1. The van der Waals surface area contributed by atoms with E-state index in [4.69, 9.17) is 17.0 Å². The quantitative estimate of drug-likeness (QED) is 0.225. The van der Waals surface area contributed by atoms with Crippen LogP contribution in [0.4, 0.5) is 0 Å². The predicted molar refractivity (Wildman–Crippen MR) is 190 cm³/mol. The van der Waals surface area contributed by atoms with Crippen LogP contribution in [0, 0.1) is 56.3 Å². The monoisotopic (exact) mass is 720 g/mol. The van der Waals surface area contributed by atoms with Crippen LogP contribution in [0.25, 0.3) is 10.8 Å².